The minimum Gasteiger partial charge on any atom is -0.394 e. The van der Waals surface area contributed by atoms with Gasteiger partial charge in [0.05, 0.1) is 25.4 Å². The number of aliphatic hydroxyl groups is 5. The fraction of sp³-hybridized carbons (Fsp3) is 0.940. The number of ether oxygens (including phenoxy) is 2. The zero-order valence-electron chi connectivity index (χ0n) is 62.3. The highest BCUT2D eigenvalue weighted by atomic mass is 16.7. The van der Waals surface area contributed by atoms with Gasteiger partial charge in [0.25, 0.3) is 0 Å². The summed E-state index contributed by atoms with van der Waals surface area (Å²) in [5.41, 5.74) is 0. The SMILES string of the molecule is CCCCCCCCCCCCCCCCCCCCCCCCCCC/C=C/CC/C=C/C(O)C(COC1OC(CO)C(O)C(O)C1O)NC(=O)CCCCCCCCCCCCCCCCCCCCCCCCCCCCCCCCCCCCCCCCC. The molecule has 0 saturated carbocycles. The van der Waals surface area contributed by atoms with E-state index in [1.54, 1.807) is 6.08 Å². The van der Waals surface area contributed by atoms with Gasteiger partial charge in [-0.3, -0.25) is 4.79 Å². The van der Waals surface area contributed by atoms with Gasteiger partial charge in [-0.2, -0.15) is 0 Å². The Morgan fingerprint density at radius 1 is 0.355 bits per heavy atom. The fourth-order valence-corrected chi connectivity index (χ4v) is 14.0. The Balaban J connectivity index is 2.04. The molecule has 552 valence electrons. The van der Waals surface area contributed by atoms with E-state index in [2.05, 4.69) is 31.3 Å². The second kappa shape index (κ2) is 73.4. The first-order chi connectivity index (χ1) is 45.8. The molecule has 0 aromatic rings. The first-order valence-corrected chi connectivity index (χ1v) is 42.1. The van der Waals surface area contributed by atoms with E-state index in [4.69, 9.17) is 9.47 Å². The van der Waals surface area contributed by atoms with Crippen LogP contribution in [0.3, 0.4) is 0 Å². The van der Waals surface area contributed by atoms with E-state index < -0.39 is 49.5 Å². The van der Waals surface area contributed by atoms with Gasteiger partial charge in [0, 0.05) is 6.42 Å². The van der Waals surface area contributed by atoms with Gasteiger partial charge in [-0.1, -0.05) is 436 Å². The van der Waals surface area contributed by atoms with Crippen LogP contribution in [0.15, 0.2) is 24.3 Å². The van der Waals surface area contributed by atoms with Crippen molar-refractivity contribution in [2.75, 3.05) is 13.2 Å². The van der Waals surface area contributed by atoms with Gasteiger partial charge in [0.1, 0.15) is 24.4 Å². The zero-order valence-corrected chi connectivity index (χ0v) is 62.3. The van der Waals surface area contributed by atoms with Crippen molar-refractivity contribution in [2.45, 2.75) is 493 Å². The molecule has 1 heterocycles. The van der Waals surface area contributed by atoms with Gasteiger partial charge < -0.3 is 40.3 Å². The Kier molecular flexibility index (Phi) is 70.8. The fourth-order valence-electron chi connectivity index (χ4n) is 14.0. The van der Waals surface area contributed by atoms with Crippen molar-refractivity contribution in [3.63, 3.8) is 0 Å². The molecular weight excluding hydrogens is 1150 g/mol. The number of carbonyl (C=O) groups is 1. The lowest BCUT2D eigenvalue weighted by atomic mass is 9.99. The molecule has 0 spiro atoms. The number of allylic oxidation sites excluding steroid dienone is 3. The van der Waals surface area contributed by atoms with E-state index in [1.807, 2.05) is 6.08 Å². The maximum absolute atomic E-state index is 13.2. The summed E-state index contributed by atoms with van der Waals surface area (Å²) in [4.78, 5) is 13.2. The number of carbonyl (C=O) groups excluding carboxylic acids is 1. The highest BCUT2D eigenvalue weighted by molar-refractivity contribution is 5.76. The molecule has 0 aromatic carbocycles. The van der Waals surface area contributed by atoms with E-state index in [0.717, 1.165) is 38.5 Å². The maximum atomic E-state index is 13.2. The smallest absolute Gasteiger partial charge is 0.220 e. The summed E-state index contributed by atoms with van der Waals surface area (Å²) in [6.07, 6.45) is 92.2. The van der Waals surface area contributed by atoms with Crippen LogP contribution in [0.2, 0.25) is 0 Å². The third kappa shape index (κ3) is 61.5. The van der Waals surface area contributed by atoms with Crippen LogP contribution in [-0.4, -0.2) is 87.5 Å². The molecule has 1 rings (SSSR count). The third-order valence-electron chi connectivity index (χ3n) is 20.5. The van der Waals surface area contributed by atoms with Crippen LogP contribution in [0.25, 0.3) is 0 Å². The predicted molar refractivity (Wildman–Crippen MR) is 401 cm³/mol. The van der Waals surface area contributed by atoms with Crippen LogP contribution in [0.4, 0.5) is 0 Å². The number of nitrogens with one attached hydrogen (secondary N) is 1. The molecule has 1 aliphatic heterocycles. The van der Waals surface area contributed by atoms with Gasteiger partial charge in [-0.05, 0) is 32.1 Å². The summed E-state index contributed by atoms with van der Waals surface area (Å²) >= 11 is 0. The third-order valence-corrected chi connectivity index (χ3v) is 20.5. The molecular formula is C84H163NO8. The molecule has 1 saturated heterocycles. The van der Waals surface area contributed by atoms with Crippen LogP contribution in [0.5, 0.6) is 0 Å². The minimum atomic E-state index is -1.57. The zero-order chi connectivity index (χ0) is 67.1. The molecule has 0 aromatic heterocycles. The quantitative estimate of drug-likeness (QED) is 0.0261. The van der Waals surface area contributed by atoms with Gasteiger partial charge in [0.15, 0.2) is 6.29 Å². The summed E-state index contributed by atoms with van der Waals surface area (Å²) in [6.45, 7) is 3.84. The Morgan fingerprint density at radius 2 is 0.613 bits per heavy atom. The van der Waals surface area contributed by atoms with Crippen LogP contribution in [0, 0.1) is 0 Å². The second-order valence-corrected chi connectivity index (χ2v) is 29.6. The van der Waals surface area contributed by atoms with E-state index in [1.165, 1.54) is 392 Å². The lowest BCUT2D eigenvalue weighted by molar-refractivity contribution is -0.302. The Labute approximate surface area is 579 Å². The standard InChI is InChI=1S/C84H163NO8/c1-3-5-7-9-11-13-15-17-19-21-23-25-27-29-31-33-35-36-37-38-39-40-41-42-44-46-48-50-52-54-56-58-60-62-64-66-68-70-72-74-80(88)85-77(76-92-84-83(91)82(90)81(89)79(75-86)93-84)78(87)73-71-69-67-65-63-61-59-57-55-53-51-49-47-45-43-34-32-30-28-26-24-22-20-18-16-14-12-10-8-6-4-2/h63,65,71,73,77-79,81-84,86-87,89-91H,3-62,64,66-70,72,74-76H2,1-2H3,(H,85,88)/b65-63+,73-71+. The Hall–Kier alpha value is -1.33. The van der Waals surface area contributed by atoms with Crippen molar-refractivity contribution in [3.05, 3.63) is 24.3 Å². The van der Waals surface area contributed by atoms with Crippen LogP contribution in [0.1, 0.15) is 450 Å². The molecule has 9 heteroatoms. The topological polar surface area (TPSA) is 149 Å². The molecule has 6 N–H and O–H groups in total. The molecule has 9 nitrogen and oxygen atoms in total. The molecule has 7 atom stereocenters. The number of amides is 1. The van der Waals surface area contributed by atoms with Crippen molar-refractivity contribution < 1.29 is 39.8 Å². The predicted octanol–water partition coefficient (Wildman–Crippen LogP) is 24.3. The molecule has 7 unspecified atom stereocenters. The van der Waals surface area contributed by atoms with E-state index in [0.29, 0.717) is 6.42 Å². The monoisotopic (exact) mass is 1310 g/mol. The number of hydrogen-bond donors (Lipinski definition) is 6. The largest absolute Gasteiger partial charge is 0.394 e. The Morgan fingerprint density at radius 3 is 0.903 bits per heavy atom. The molecule has 93 heavy (non-hydrogen) atoms. The van der Waals surface area contributed by atoms with E-state index >= 15 is 0 Å². The molecule has 0 aliphatic carbocycles. The normalized spacial score (nSPS) is 17.6. The maximum Gasteiger partial charge on any atom is 0.220 e. The van der Waals surface area contributed by atoms with Crippen molar-refractivity contribution in [1.82, 2.24) is 5.32 Å². The van der Waals surface area contributed by atoms with Gasteiger partial charge in [-0.15, -0.1) is 0 Å². The van der Waals surface area contributed by atoms with Crippen LogP contribution < -0.4 is 5.32 Å². The number of unbranched alkanes of at least 4 members (excludes halogenated alkanes) is 64. The number of aliphatic hydroxyl groups excluding tert-OH is 5. The summed E-state index contributed by atoms with van der Waals surface area (Å²) in [5, 5.41) is 54.9. The van der Waals surface area contributed by atoms with Gasteiger partial charge in [0.2, 0.25) is 5.91 Å². The lowest BCUT2D eigenvalue weighted by Gasteiger charge is -2.40. The number of rotatable bonds is 76. The highest BCUT2D eigenvalue weighted by Gasteiger charge is 2.44. The summed E-state index contributed by atoms with van der Waals surface area (Å²) in [5.74, 6) is -0.176. The van der Waals surface area contributed by atoms with Gasteiger partial charge in [-0.25, -0.2) is 0 Å². The van der Waals surface area contributed by atoms with Crippen molar-refractivity contribution in [2.24, 2.45) is 0 Å². The second-order valence-electron chi connectivity index (χ2n) is 29.6. The molecule has 1 aliphatic rings. The summed E-state index contributed by atoms with van der Waals surface area (Å²) < 4.78 is 11.3. The minimum absolute atomic E-state index is 0.176. The first-order valence-electron chi connectivity index (χ1n) is 42.1. The summed E-state index contributed by atoms with van der Waals surface area (Å²) in [7, 11) is 0. The van der Waals surface area contributed by atoms with E-state index in [-0.39, 0.29) is 12.5 Å². The average molecular weight is 1320 g/mol. The summed E-state index contributed by atoms with van der Waals surface area (Å²) in [6, 6.07) is -0.821. The van der Waals surface area contributed by atoms with Crippen molar-refractivity contribution >= 4 is 5.91 Å². The van der Waals surface area contributed by atoms with Crippen molar-refractivity contribution in [1.29, 1.82) is 0 Å². The van der Waals surface area contributed by atoms with Crippen LogP contribution in [-0.2, 0) is 14.3 Å². The molecule has 1 amide bonds. The number of hydrogen-bond acceptors (Lipinski definition) is 8. The average Bonchev–Trinajstić information content (AvgIpc) is 0.967. The lowest BCUT2D eigenvalue weighted by Crippen LogP contribution is -2.60. The highest BCUT2D eigenvalue weighted by Crippen LogP contribution is 2.24. The first kappa shape index (κ1) is 89.7. The van der Waals surface area contributed by atoms with E-state index in [9.17, 15) is 30.3 Å². The molecule has 0 bridgehead atoms. The molecule has 0 radical (unpaired) electrons. The molecule has 1 fully saturated rings. The Bertz CT molecular complexity index is 1530. The van der Waals surface area contributed by atoms with Crippen LogP contribution >= 0.6 is 0 Å². The van der Waals surface area contributed by atoms with Gasteiger partial charge >= 0.3 is 0 Å². The van der Waals surface area contributed by atoms with Crippen molar-refractivity contribution in [3.8, 4) is 0 Å².